The fraction of sp³-hybridized carbons (Fsp3) is 0.286. The first-order valence-corrected chi connectivity index (χ1v) is 6.72. The summed E-state index contributed by atoms with van der Waals surface area (Å²) in [6.45, 7) is 1.83. The Bertz CT molecular complexity index is 631. The average Bonchev–Trinajstić information content (AvgIpc) is 2.45. The third-order valence-electron chi connectivity index (χ3n) is 3.19. The molecule has 1 aliphatic heterocycles. The highest BCUT2D eigenvalue weighted by Crippen LogP contribution is 2.30. The van der Waals surface area contributed by atoms with Crippen LogP contribution in [-0.2, 0) is 9.53 Å². The van der Waals surface area contributed by atoms with Crippen LogP contribution in [0.1, 0.15) is 24.9 Å². The number of carbonyl (C=O) groups excluding carboxylic acids is 1. The third-order valence-corrected chi connectivity index (χ3v) is 3.41. The fourth-order valence-corrected chi connectivity index (χ4v) is 2.46. The van der Waals surface area contributed by atoms with E-state index in [-0.39, 0.29) is 16.2 Å². The number of benzene rings is 1. The monoisotopic (exact) mass is 312 g/mol. The minimum atomic E-state index is -0.818. The Labute approximate surface area is 126 Å². The zero-order chi connectivity index (χ0) is 15.6. The second kappa shape index (κ2) is 6.17. The molecule has 1 aromatic carbocycles. The van der Waals surface area contributed by atoms with Gasteiger partial charge in [-0.05, 0) is 24.7 Å². The van der Waals surface area contributed by atoms with Crippen molar-refractivity contribution in [1.82, 2.24) is 10.6 Å². The zero-order valence-corrected chi connectivity index (χ0v) is 12.3. The van der Waals surface area contributed by atoms with Crippen LogP contribution < -0.4 is 10.6 Å². The van der Waals surface area contributed by atoms with Gasteiger partial charge in [0, 0.05) is 17.3 Å². The number of hydrogen-bond donors (Lipinski definition) is 2. The number of ether oxygens (including phenoxy) is 1. The maximum absolute atomic E-state index is 14.0. The molecule has 4 nitrogen and oxygen atoms in total. The van der Waals surface area contributed by atoms with Crippen LogP contribution in [-0.4, -0.2) is 18.2 Å². The highest BCUT2D eigenvalue weighted by Gasteiger charge is 2.33. The fourth-order valence-electron chi connectivity index (χ4n) is 2.22. The van der Waals surface area contributed by atoms with Crippen LogP contribution in [0.4, 0.5) is 8.78 Å². The highest BCUT2D eigenvalue weighted by atomic mass is 32.1. The molecule has 0 fully saturated rings. The summed E-state index contributed by atoms with van der Waals surface area (Å²) >= 11 is 5.07. The Hall–Kier alpha value is -2.02. The maximum Gasteiger partial charge on any atom is 0.337 e. The summed E-state index contributed by atoms with van der Waals surface area (Å²) in [5.41, 5.74) is 0.921. The predicted octanol–water partition coefficient (Wildman–Crippen LogP) is 2.32. The van der Waals surface area contributed by atoms with Gasteiger partial charge >= 0.3 is 5.97 Å². The Kier molecular flexibility index (Phi) is 4.52. The minimum absolute atomic E-state index is 0.131. The van der Waals surface area contributed by atoms with Gasteiger partial charge in [-0.1, -0.05) is 13.0 Å². The number of hydrogen-bond acceptors (Lipinski definition) is 3. The van der Waals surface area contributed by atoms with Gasteiger partial charge < -0.3 is 15.4 Å². The summed E-state index contributed by atoms with van der Waals surface area (Å²) in [6, 6.07) is 2.36. The summed E-state index contributed by atoms with van der Waals surface area (Å²) in [5.74, 6) is -2.04. The first kappa shape index (κ1) is 15.4. The summed E-state index contributed by atoms with van der Waals surface area (Å²) in [5, 5.41) is 5.96. The zero-order valence-electron chi connectivity index (χ0n) is 11.5. The SMILES string of the molecule is CCC1=C(C(=O)OC)[C@@H](c2ccc(F)cc2F)NC(=S)N1. The van der Waals surface area contributed by atoms with Gasteiger partial charge in [-0.15, -0.1) is 0 Å². The van der Waals surface area contributed by atoms with E-state index < -0.39 is 23.6 Å². The first-order valence-electron chi connectivity index (χ1n) is 6.31. The van der Waals surface area contributed by atoms with Gasteiger partial charge in [-0.25, -0.2) is 13.6 Å². The van der Waals surface area contributed by atoms with Crippen LogP contribution >= 0.6 is 12.2 Å². The molecule has 1 aliphatic rings. The molecule has 112 valence electrons. The van der Waals surface area contributed by atoms with Crippen molar-refractivity contribution < 1.29 is 18.3 Å². The van der Waals surface area contributed by atoms with Crippen molar-refractivity contribution in [3.05, 3.63) is 46.7 Å². The smallest absolute Gasteiger partial charge is 0.337 e. The lowest BCUT2D eigenvalue weighted by molar-refractivity contribution is -0.136. The van der Waals surface area contributed by atoms with Gasteiger partial charge in [0.15, 0.2) is 5.11 Å². The van der Waals surface area contributed by atoms with Crippen molar-refractivity contribution in [1.29, 1.82) is 0 Å². The number of halogens is 2. The molecule has 1 aromatic rings. The van der Waals surface area contributed by atoms with E-state index >= 15 is 0 Å². The molecule has 0 spiro atoms. The molecule has 1 atom stereocenters. The van der Waals surface area contributed by atoms with E-state index in [0.717, 1.165) is 12.1 Å². The van der Waals surface area contributed by atoms with Crippen molar-refractivity contribution in [2.75, 3.05) is 7.11 Å². The van der Waals surface area contributed by atoms with Crippen molar-refractivity contribution in [3.63, 3.8) is 0 Å². The van der Waals surface area contributed by atoms with Gasteiger partial charge in [-0.3, -0.25) is 0 Å². The van der Waals surface area contributed by atoms with E-state index in [4.69, 9.17) is 17.0 Å². The van der Waals surface area contributed by atoms with Gasteiger partial charge in [0.1, 0.15) is 11.6 Å². The van der Waals surface area contributed by atoms with E-state index in [1.54, 1.807) is 0 Å². The van der Waals surface area contributed by atoms with E-state index in [1.807, 2.05) is 6.92 Å². The Morgan fingerprint density at radius 1 is 1.43 bits per heavy atom. The number of methoxy groups -OCH3 is 1. The number of esters is 1. The molecule has 0 saturated carbocycles. The number of allylic oxidation sites excluding steroid dienone is 1. The van der Waals surface area contributed by atoms with Crippen LogP contribution in [0, 0.1) is 11.6 Å². The van der Waals surface area contributed by atoms with Crippen LogP contribution in [0.25, 0.3) is 0 Å². The van der Waals surface area contributed by atoms with Crippen molar-refractivity contribution in [3.8, 4) is 0 Å². The Balaban J connectivity index is 2.57. The van der Waals surface area contributed by atoms with Crippen LogP contribution in [0.5, 0.6) is 0 Å². The van der Waals surface area contributed by atoms with Crippen molar-refractivity contribution in [2.24, 2.45) is 0 Å². The normalized spacial score (nSPS) is 18.1. The molecular formula is C14H14F2N2O2S. The second-order valence-electron chi connectivity index (χ2n) is 4.43. The molecule has 2 rings (SSSR count). The van der Waals surface area contributed by atoms with E-state index in [0.29, 0.717) is 12.1 Å². The number of rotatable bonds is 3. The largest absolute Gasteiger partial charge is 0.466 e. The summed E-state index contributed by atoms with van der Waals surface area (Å²) in [7, 11) is 1.24. The molecule has 2 N–H and O–H groups in total. The Morgan fingerprint density at radius 2 is 2.14 bits per heavy atom. The highest BCUT2D eigenvalue weighted by molar-refractivity contribution is 7.80. The molecule has 0 bridgehead atoms. The lowest BCUT2D eigenvalue weighted by Gasteiger charge is -2.30. The topological polar surface area (TPSA) is 50.4 Å². The summed E-state index contributed by atoms with van der Waals surface area (Å²) < 4.78 is 31.8. The van der Waals surface area contributed by atoms with Gasteiger partial charge in [0.25, 0.3) is 0 Å². The number of thiocarbonyl (C=S) groups is 1. The quantitative estimate of drug-likeness (QED) is 0.663. The summed E-state index contributed by atoms with van der Waals surface area (Å²) in [4.78, 5) is 12.0. The molecule has 7 heteroatoms. The number of nitrogens with one attached hydrogen (secondary N) is 2. The minimum Gasteiger partial charge on any atom is -0.466 e. The average molecular weight is 312 g/mol. The number of carbonyl (C=O) groups is 1. The van der Waals surface area contributed by atoms with E-state index in [2.05, 4.69) is 10.6 Å². The molecule has 0 aromatic heterocycles. The lowest BCUT2D eigenvalue weighted by atomic mass is 9.94. The van der Waals surface area contributed by atoms with Crippen LogP contribution in [0.15, 0.2) is 29.5 Å². The van der Waals surface area contributed by atoms with E-state index in [9.17, 15) is 13.6 Å². The van der Waals surface area contributed by atoms with Crippen LogP contribution in [0.3, 0.4) is 0 Å². The molecule has 0 saturated heterocycles. The molecule has 0 aliphatic carbocycles. The van der Waals surface area contributed by atoms with Crippen LogP contribution in [0.2, 0.25) is 0 Å². The van der Waals surface area contributed by atoms with Crippen molar-refractivity contribution >= 4 is 23.3 Å². The Morgan fingerprint density at radius 3 is 2.71 bits per heavy atom. The third kappa shape index (κ3) is 3.02. The molecule has 0 radical (unpaired) electrons. The molecule has 0 amide bonds. The van der Waals surface area contributed by atoms with Gasteiger partial charge in [-0.2, -0.15) is 0 Å². The first-order chi connectivity index (χ1) is 9.97. The standard InChI is InChI=1S/C14H14F2N2O2S/c1-3-10-11(13(19)20-2)12(18-14(21)17-10)8-5-4-7(15)6-9(8)16/h4-6,12H,3H2,1-2H3,(H2,17,18,21)/t12-/m1/s1. The van der Waals surface area contributed by atoms with Gasteiger partial charge in [0.05, 0.1) is 18.7 Å². The van der Waals surface area contributed by atoms with Crippen molar-refractivity contribution in [2.45, 2.75) is 19.4 Å². The maximum atomic E-state index is 14.0. The lowest BCUT2D eigenvalue weighted by Crippen LogP contribution is -2.45. The van der Waals surface area contributed by atoms with Gasteiger partial charge in [0.2, 0.25) is 0 Å². The molecule has 1 heterocycles. The summed E-state index contributed by atoms with van der Waals surface area (Å²) in [6.07, 6.45) is 0.492. The molecule has 0 unspecified atom stereocenters. The molecular weight excluding hydrogens is 298 g/mol. The molecule has 21 heavy (non-hydrogen) atoms. The second-order valence-corrected chi connectivity index (χ2v) is 4.84. The predicted molar refractivity (Wildman–Crippen MR) is 77.3 cm³/mol. The van der Waals surface area contributed by atoms with E-state index in [1.165, 1.54) is 13.2 Å².